The third-order valence-electron chi connectivity index (χ3n) is 7.43. The van der Waals surface area contributed by atoms with Crippen molar-refractivity contribution in [1.82, 2.24) is 19.7 Å². The summed E-state index contributed by atoms with van der Waals surface area (Å²) in [4.78, 5) is 19.0. The van der Waals surface area contributed by atoms with Crippen molar-refractivity contribution in [3.63, 3.8) is 0 Å². The van der Waals surface area contributed by atoms with Gasteiger partial charge in [-0.3, -0.25) is 9.51 Å². The lowest BCUT2D eigenvalue weighted by molar-refractivity contribution is 0.175. The standard InChI is InChI=1S/C30H25ClN4O4/c1-37-16-27-33-29-22(31)6-4-7-23(29)35(27)15-17-9-12-19-21(13-17)25(14-26-32-30(36)39-34-26)38-24-8-3-2-5-20(24)28(19)18-10-11-18/h2-9,12-14,18,28H,10-11,15-16H2,1H3,(H,32,34,36)/b25-14+. The van der Waals surface area contributed by atoms with Crippen molar-refractivity contribution >= 4 is 34.5 Å². The van der Waals surface area contributed by atoms with E-state index in [2.05, 4.69) is 45.0 Å². The van der Waals surface area contributed by atoms with Crippen LogP contribution in [0.25, 0.3) is 22.9 Å². The number of hydrogen-bond donors (Lipinski definition) is 1. The Morgan fingerprint density at radius 3 is 2.79 bits per heavy atom. The number of aromatic nitrogens is 4. The van der Waals surface area contributed by atoms with E-state index in [-0.39, 0.29) is 5.92 Å². The minimum absolute atomic E-state index is 0.212. The maximum Gasteiger partial charge on any atom is 0.439 e. The average Bonchev–Trinajstić information content (AvgIpc) is 3.62. The van der Waals surface area contributed by atoms with Crippen molar-refractivity contribution in [2.75, 3.05) is 7.11 Å². The normalized spacial score (nSPS) is 17.6. The van der Waals surface area contributed by atoms with E-state index in [1.54, 1.807) is 13.2 Å². The molecular formula is C30H25ClN4O4. The predicted octanol–water partition coefficient (Wildman–Crippen LogP) is 5.99. The number of nitrogens with one attached hydrogen (secondary N) is 1. The van der Waals surface area contributed by atoms with E-state index in [0.717, 1.165) is 33.7 Å². The van der Waals surface area contributed by atoms with Gasteiger partial charge in [-0.1, -0.05) is 53.2 Å². The number of methoxy groups -OCH3 is 1. The van der Waals surface area contributed by atoms with Crippen LogP contribution in [-0.2, 0) is 17.9 Å². The Bertz CT molecular complexity index is 1800. The zero-order chi connectivity index (χ0) is 26.5. The first-order chi connectivity index (χ1) is 19.1. The molecule has 0 saturated heterocycles. The van der Waals surface area contributed by atoms with E-state index in [4.69, 9.17) is 30.6 Å². The molecule has 7 rings (SSSR count). The van der Waals surface area contributed by atoms with Crippen LogP contribution in [0.15, 0.2) is 70.0 Å². The van der Waals surface area contributed by atoms with Crippen molar-refractivity contribution in [2.24, 2.45) is 5.92 Å². The molecule has 0 bridgehead atoms. The molecule has 196 valence electrons. The van der Waals surface area contributed by atoms with E-state index >= 15 is 0 Å². The molecule has 1 N–H and O–H groups in total. The van der Waals surface area contributed by atoms with Crippen molar-refractivity contribution in [3.05, 3.63) is 110 Å². The second-order valence-corrected chi connectivity index (χ2v) is 10.4. The molecule has 1 atom stereocenters. The van der Waals surface area contributed by atoms with Gasteiger partial charge >= 0.3 is 5.76 Å². The summed E-state index contributed by atoms with van der Waals surface area (Å²) in [6.45, 7) is 0.931. The summed E-state index contributed by atoms with van der Waals surface area (Å²) in [7, 11) is 1.66. The maximum atomic E-state index is 11.7. The van der Waals surface area contributed by atoms with Crippen LogP contribution in [0.3, 0.4) is 0 Å². The molecule has 1 aliphatic carbocycles. The summed E-state index contributed by atoms with van der Waals surface area (Å²) in [6.07, 6.45) is 4.08. The SMILES string of the molecule is COCc1nc2c(Cl)cccc2n1Cc1ccc2c(c1)/C(=C\c1noc(=O)[nH]1)Oc1ccccc1C2C1CC1. The van der Waals surface area contributed by atoms with Crippen LogP contribution in [0, 0.1) is 5.92 Å². The van der Waals surface area contributed by atoms with Crippen LogP contribution in [0.2, 0.25) is 5.02 Å². The van der Waals surface area contributed by atoms with E-state index in [9.17, 15) is 4.79 Å². The highest BCUT2D eigenvalue weighted by atomic mass is 35.5. The molecule has 1 aliphatic heterocycles. The van der Waals surface area contributed by atoms with E-state index < -0.39 is 5.76 Å². The van der Waals surface area contributed by atoms with Crippen molar-refractivity contribution < 1.29 is 14.0 Å². The van der Waals surface area contributed by atoms with Crippen LogP contribution < -0.4 is 10.5 Å². The Morgan fingerprint density at radius 2 is 2.00 bits per heavy atom. The van der Waals surface area contributed by atoms with E-state index in [0.29, 0.717) is 35.7 Å². The van der Waals surface area contributed by atoms with Crippen LogP contribution in [0.1, 0.15) is 52.7 Å². The fourth-order valence-corrected chi connectivity index (χ4v) is 5.80. The first-order valence-corrected chi connectivity index (χ1v) is 13.3. The second kappa shape index (κ2) is 9.55. The molecule has 3 aromatic carbocycles. The second-order valence-electron chi connectivity index (χ2n) is 10.0. The number of nitrogens with zero attached hydrogens (tertiary/aromatic N) is 3. The molecule has 1 unspecified atom stereocenters. The molecule has 5 aromatic rings. The van der Waals surface area contributed by atoms with Gasteiger partial charge in [-0.05, 0) is 54.2 Å². The Kier molecular flexibility index (Phi) is 5.86. The van der Waals surface area contributed by atoms with Crippen molar-refractivity contribution in [3.8, 4) is 5.75 Å². The number of hydrogen-bond acceptors (Lipinski definition) is 6. The number of fused-ring (bicyclic) bond motifs is 3. The zero-order valence-corrected chi connectivity index (χ0v) is 21.9. The number of ether oxygens (including phenoxy) is 2. The first-order valence-electron chi connectivity index (χ1n) is 12.9. The molecule has 0 radical (unpaired) electrons. The molecular weight excluding hydrogens is 516 g/mol. The van der Waals surface area contributed by atoms with E-state index in [1.807, 2.05) is 30.3 Å². The number of halogens is 1. The molecule has 2 aliphatic rings. The first kappa shape index (κ1) is 23.9. The van der Waals surface area contributed by atoms with Gasteiger partial charge in [-0.25, -0.2) is 9.78 Å². The molecule has 0 amide bonds. The molecule has 9 heteroatoms. The highest BCUT2D eigenvalue weighted by molar-refractivity contribution is 6.34. The Morgan fingerprint density at radius 1 is 1.13 bits per heavy atom. The smallest absolute Gasteiger partial charge is 0.439 e. The van der Waals surface area contributed by atoms with Crippen LogP contribution in [0.4, 0.5) is 0 Å². The molecule has 0 spiro atoms. The van der Waals surface area contributed by atoms with Crippen LogP contribution in [-0.4, -0.2) is 26.8 Å². The predicted molar refractivity (Wildman–Crippen MR) is 148 cm³/mol. The van der Waals surface area contributed by atoms with Crippen LogP contribution >= 0.6 is 11.6 Å². The fraction of sp³-hybridized carbons (Fsp3) is 0.233. The summed E-state index contributed by atoms with van der Waals surface area (Å²) in [5.74, 6) is 2.65. The molecule has 2 aromatic heterocycles. The Balaban J connectivity index is 1.39. The summed E-state index contributed by atoms with van der Waals surface area (Å²) >= 11 is 6.47. The van der Waals surface area contributed by atoms with Crippen LogP contribution in [0.5, 0.6) is 5.75 Å². The van der Waals surface area contributed by atoms with Crippen molar-refractivity contribution in [2.45, 2.75) is 31.9 Å². The zero-order valence-electron chi connectivity index (χ0n) is 21.2. The maximum absolute atomic E-state index is 11.7. The number of imidazole rings is 1. The third-order valence-corrected chi connectivity index (χ3v) is 7.74. The number of benzene rings is 3. The lowest BCUT2D eigenvalue weighted by Gasteiger charge is -2.19. The topological polar surface area (TPSA) is 95.2 Å². The minimum atomic E-state index is -0.614. The lowest BCUT2D eigenvalue weighted by Crippen LogP contribution is -2.09. The van der Waals surface area contributed by atoms with Gasteiger partial charge in [-0.2, -0.15) is 0 Å². The molecule has 1 saturated carbocycles. The summed E-state index contributed by atoms with van der Waals surface area (Å²) in [5, 5.41) is 4.46. The number of para-hydroxylation sites is 2. The number of aromatic amines is 1. The summed E-state index contributed by atoms with van der Waals surface area (Å²) < 4.78 is 18.9. The number of H-pyrrole nitrogens is 1. The van der Waals surface area contributed by atoms with Gasteiger partial charge in [0.05, 0.1) is 10.5 Å². The molecule has 8 nitrogen and oxygen atoms in total. The quantitative estimate of drug-likeness (QED) is 0.284. The van der Waals surface area contributed by atoms with Gasteiger partial charge < -0.3 is 14.0 Å². The third kappa shape index (κ3) is 4.35. The van der Waals surface area contributed by atoms with Gasteiger partial charge in [-0.15, -0.1) is 0 Å². The van der Waals surface area contributed by atoms with Crippen molar-refractivity contribution in [1.29, 1.82) is 0 Å². The fourth-order valence-electron chi connectivity index (χ4n) is 5.59. The lowest BCUT2D eigenvalue weighted by atomic mass is 9.83. The van der Waals surface area contributed by atoms with Gasteiger partial charge in [0.25, 0.3) is 0 Å². The van der Waals surface area contributed by atoms with Gasteiger partial charge in [0, 0.05) is 36.8 Å². The minimum Gasteiger partial charge on any atom is -0.456 e. The average molecular weight is 541 g/mol. The Labute approximate surface area is 228 Å². The molecule has 1 fully saturated rings. The molecule has 3 heterocycles. The highest BCUT2D eigenvalue weighted by Gasteiger charge is 2.38. The van der Waals surface area contributed by atoms with Gasteiger partial charge in [0.2, 0.25) is 0 Å². The Hall–Kier alpha value is -4.14. The largest absolute Gasteiger partial charge is 0.456 e. The number of rotatable bonds is 6. The summed E-state index contributed by atoms with van der Waals surface area (Å²) in [6, 6.07) is 20.5. The molecule has 39 heavy (non-hydrogen) atoms. The van der Waals surface area contributed by atoms with Gasteiger partial charge in [0.15, 0.2) is 5.82 Å². The monoisotopic (exact) mass is 540 g/mol. The van der Waals surface area contributed by atoms with E-state index in [1.165, 1.54) is 24.0 Å². The van der Waals surface area contributed by atoms with Gasteiger partial charge in [0.1, 0.15) is 29.5 Å². The highest BCUT2D eigenvalue weighted by Crippen LogP contribution is 2.52. The summed E-state index contributed by atoms with van der Waals surface area (Å²) in [5.41, 5.74) is 6.08.